The lowest BCUT2D eigenvalue weighted by Gasteiger charge is -1.96. The highest BCUT2D eigenvalue weighted by Crippen LogP contribution is 2.29. The molecule has 0 bridgehead atoms. The van der Waals surface area contributed by atoms with Gasteiger partial charge in [-0.15, -0.1) is 11.3 Å². The largest absolute Gasteiger partial charge is 0.283 e. The predicted octanol–water partition coefficient (Wildman–Crippen LogP) is 3.63. The van der Waals surface area contributed by atoms with Crippen molar-refractivity contribution in [3.63, 3.8) is 0 Å². The van der Waals surface area contributed by atoms with E-state index in [1.807, 2.05) is 5.38 Å². The number of Topliss-reactive ketones (excluding diaryl/α,β-unsaturated/α-hetero) is 1. The standard InChI is InChI=1S/C11H7ClO2S2/c1-15-11(14)9(13)10-8-3-2-7(12)4-6(8)5-16-10/h2-5H,1H3. The highest BCUT2D eigenvalue weighted by Gasteiger charge is 2.19. The van der Waals surface area contributed by atoms with E-state index in [1.165, 1.54) is 11.3 Å². The Kier molecular flexibility index (Phi) is 3.33. The summed E-state index contributed by atoms with van der Waals surface area (Å²) in [6.07, 6.45) is 1.60. The summed E-state index contributed by atoms with van der Waals surface area (Å²) in [5, 5.41) is 3.72. The molecule has 1 aromatic heterocycles. The lowest BCUT2D eigenvalue weighted by atomic mass is 10.1. The van der Waals surface area contributed by atoms with Crippen LogP contribution in [-0.2, 0) is 4.79 Å². The molecule has 0 saturated carbocycles. The van der Waals surface area contributed by atoms with Crippen molar-refractivity contribution in [3.8, 4) is 0 Å². The normalized spacial score (nSPS) is 10.6. The Morgan fingerprint density at radius 2 is 2.12 bits per heavy atom. The number of thiophene rings is 1. The third-order valence-corrected chi connectivity index (χ3v) is 3.94. The highest BCUT2D eigenvalue weighted by molar-refractivity contribution is 8.14. The zero-order valence-electron chi connectivity index (χ0n) is 8.32. The molecule has 0 amide bonds. The maximum atomic E-state index is 11.7. The minimum absolute atomic E-state index is 0.432. The number of thioether (sulfide) groups is 1. The molecule has 0 saturated heterocycles. The molecular weight excluding hydrogens is 264 g/mol. The Bertz CT molecular complexity index is 574. The Morgan fingerprint density at radius 1 is 1.38 bits per heavy atom. The molecule has 16 heavy (non-hydrogen) atoms. The van der Waals surface area contributed by atoms with E-state index in [0.29, 0.717) is 9.90 Å². The Balaban J connectivity index is 2.54. The van der Waals surface area contributed by atoms with Gasteiger partial charge in [-0.1, -0.05) is 29.4 Å². The number of fused-ring (bicyclic) bond motifs is 1. The van der Waals surface area contributed by atoms with Gasteiger partial charge < -0.3 is 0 Å². The molecule has 2 rings (SSSR count). The number of carbonyl (C=O) groups excluding carboxylic acids is 2. The number of carbonyl (C=O) groups is 2. The van der Waals surface area contributed by atoms with Crippen molar-refractivity contribution in [2.75, 3.05) is 6.26 Å². The fourth-order valence-electron chi connectivity index (χ4n) is 1.38. The maximum absolute atomic E-state index is 11.7. The number of hydrogen-bond acceptors (Lipinski definition) is 4. The molecule has 2 nitrogen and oxygen atoms in total. The van der Waals surface area contributed by atoms with Crippen LogP contribution in [0.4, 0.5) is 0 Å². The fourth-order valence-corrected chi connectivity index (χ4v) is 2.87. The van der Waals surface area contributed by atoms with E-state index in [2.05, 4.69) is 0 Å². The smallest absolute Gasteiger partial charge is 0.260 e. The van der Waals surface area contributed by atoms with Crippen molar-refractivity contribution in [1.82, 2.24) is 0 Å². The van der Waals surface area contributed by atoms with Gasteiger partial charge in [-0.25, -0.2) is 0 Å². The van der Waals surface area contributed by atoms with Crippen molar-refractivity contribution < 1.29 is 9.59 Å². The van der Waals surface area contributed by atoms with Gasteiger partial charge in [-0.2, -0.15) is 0 Å². The van der Waals surface area contributed by atoms with Crippen molar-refractivity contribution in [2.24, 2.45) is 0 Å². The molecule has 82 valence electrons. The summed E-state index contributed by atoms with van der Waals surface area (Å²) in [6, 6.07) is 5.28. The molecule has 2 aromatic rings. The average Bonchev–Trinajstić information content (AvgIpc) is 2.69. The van der Waals surface area contributed by atoms with Crippen LogP contribution in [0.3, 0.4) is 0 Å². The van der Waals surface area contributed by atoms with Gasteiger partial charge in [-0.3, -0.25) is 9.59 Å². The van der Waals surface area contributed by atoms with Crippen molar-refractivity contribution >= 4 is 56.4 Å². The van der Waals surface area contributed by atoms with Crippen LogP contribution in [0.25, 0.3) is 10.8 Å². The van der Waals surface area contributed by atoms with E-state index in [-0.39, 0.29) is 0 Å². The maximum Gasteiger partial charge on any atom is 0.260 e. The molecule has 5 heteroatoms. The minimum Gasteiger partial charge on any atom is -0.283 e. The topological polar surface area (TPSA) is 34.1 Å². The molecule has 0 fully saturated rings. The lowest BCUT2D eigenvalue weighted by Crippen LogP contribution is -2.07. The van der Waals surface area contributed by atoms with E-state index < -0.39 is 10.9 Å². The van der Waals surface area contributed by atoms with Gasteiger partial charge in [0, 0.05) is 10.4 Å². The van der Waals surface area contributed by atoms with Crippen LogP contribution in [0.1, 0.15) is 9.67 Å². The third-order valence-electron chi connectivity index (χ3n) is 2.14. The van der Waals surface area contributed by atoms with Gasteiger partial charge >= 0.3 is 0 Å². The predicted molar refractivity (Wildman–Crippen MR) is 69.7 cm³/mol. The molecule has 0 aliphatic rings. The molecule has 0 unspecified atom stereocenters. The van der Waals surface area contributed by atoms with Crippen LogP contribution in [0.15, 0.2) is 23.6 Å². The second-order valence-electron chi connectivity index (χ2n) is 3.12. The van der Waals surface area contributed by atoms with Gasteiger partial charge in [0.2, 0.25) is 5.78 Å². The van der Waals surface area contributed by atoms with Gasteiger partial charge in [0.25, 0.3) is 5.12 Å². The van der Waals surface area contributed by atoms with Crippen LogP contribution in [0.2, 0.25) is 5.02 Å². The first-order valence-electron chi connectivity index (χ1n) is 4.43. The SMILES string of the molecule is CSC(=O)C(=O)c1scc2cc(Cl)ccc12. The molecule has 0 spiro atoms. The summed E-state index contributed by atoms with van der Waals surface area (Å²) in [4.78, 5) is 23.5. The summed E-state index contributed by atoms with van der Waals surface area (Å²) in [5.41, 5.74) is 0. The monoisotopic (exact) mass is 270 g/mol. The molecule has 0 N–H and O–H groups in total. The summed E-state index contributed by atoms with van der Waals surface area (Å²) < 4.78 is 0. The first-order valence-corrected chi connectivity index (χ1v) is 6.91. The zero-order valence-corrected chi connectivity index (χ0v) is 10.7. The summed E-state index contributed by atoms with van der Waals surface area (Å²) >= 11 is 8.06. The molecule has 1 heterocycles. The number of halogens is 1. The Hall–Kier alpha value is -0.840. The molecule has 1 aromatic carbocycles. The third kappa shape index (κ3) is 2.00. The van der Waals surface area contributed by atoms with Gasteiger partial charge in [0.1, 0.15) is 0 Å². The second-order valence-corrected chi connectivity index (χ2v) is 5.21. The van der Waals surface area contributed by atoms with Crippen molar-refractivity contribution in [2.45, 2.75) is 0 Å². The van der Waals surface area contributed by atoms with E-state index in [0.717, 1.165) is 22.5 Å². The Morgan fingerprint density at radius 3 is 2.81 bits per heavy atom. The van der Waals surface area contributed by atoms with Crippen LogP contribution in [-0.4, -0.2) is 17.2 Å². The average molecular weight is 271 g/mol. The van der Waals surface area contributed by atoms with Crippen molar-refractivity contribution in [3.05, 3.63) is 33.5 Å². The van der Waals surface area contributed by atoms with Gasteiger partial charge in [0.05, 0.1) is 4.88 Å². The minimum atomic E-state index is -0.435. The molecule has 0 atom stereocenters. The quantitative estimate of drug-likeness (QED) is 0.617. The summed E-state index contributed by atoms with van der Waals surface area (Å²) in [7, 11) is 0. The Labute approximate surface area is 106 Å². The van der Waals surface area contributed by atoms with Crippen LogP contribution >= 0.6 is 34.7 Å². The highest BCUT2D eigenvalue weighted by atomic mass is 35.5. The van der Waals surface area contributed by atoms with E-state index in [1.54, 1.807) is 24.5 Å². The number of hydrogen-bond donors (Lipinski definition) is 0. The van der Waals surface area contributed by atoms with Crippen molar-refractivity contribution in [1.29, 1.82) is 0 Å². The van der Waals surface area contributed by atoms with Crippen LogP contribution < -0.4 is 0 Å². The summed E-state index contributed by atoms with van der Waals surface area (Å²) in [6.45, 7) is 0. The molecule has 0 aliphatic carbocycles. The molecular formula is C11H7ClO2S2. The number of ketones is 1. The van der Waals surface area contributed by atoms with E-state index >= 15 is 0 Å². The number of benzene rings is 1. The van der Waals surface area contributed by atoms with E-state index in [9.17, 15) is 9.59 Å². The van der Waals surface area contributed by atoms with Crippen LogP contribution in [0, 0.1) is 0 Å². The zero-order chi connectivity index (χ0) is 11.7. The molecule has 0 aliphatic heterocycles. The van der Waals surface area contributed by atoms with Crippen LogP contribution in [0.5, 0.6) is 0 Å². The fraction of sp³-hybridized carbons (Fsp3) is 0.0909. The number of rotatable bonds is 2. The van der Waals surface area contributed by atoms with E-state index in [4.69, 9.17) is 11.6 Å². The lowest BCUT2D eigenvalue weighted by molar-refractivity contribution is -0.107. The van der Waals surface area contributed by atoms with Gasteiger partial charge in [-0.05, 0) is 29.2 Å². The molecule has 0 radical (unpaired) electrons. The van der Waals surface area contributed by atoms with Gasteiger partial charge in [0.15, 0.2) is 0 Å². The second kappa shape index (κ2) is 4.57. The first kappa shape index (κ1) is 11.6. The first-order chi connectivity index (χ1) is 7.63. The summed E-state index contributed by atoms with van der Waals surface area (Å²) in [5.74, 6) is -0.435.